The molecule has 3 aromatic carbocycles. The Labute approximate surface area is 249 Å². The zero-order chi connectivity index (χ0) is 30.0. The fourth-order valence-electron chi connectivity index (χ4n) is 4.76. The summed E-state index contributed by atoms with van der Waals surface area (Å²) < 4.78 is 26.7. The molecule has 0 saturated heterocycles. The summed E-state index contributed by atoms with van der Waals surface area (Å²) in [5.74, 6) is -0.417. The number of carbonyl (C=O) groups is 2. The molecule has 7 nitrogen and oxygen atoms in total. The number of nitrogens with one attached hydrogen (secondary N) is 1. The van der Waals surface area contributed by atoms with Gasteiger partial charge < -0.3 is 10.2 Å². The topological polar surface area (TPSA) is 86.8 Å². The number of rotatable bonds is 14. The Morgan fingerprint density at radius 1 is 0.951 bits per heavy atom. The van der Waals surface area contributed by atoms with Crippen molar-refractivity contribution in [2.24, 2.45) is 0 Å². The van der Waals surface area contributed by atoms with Crippen LogP contribution in [0.25, 0.3) is 0 Å². The first-order valence-corrected chi connectivity index (χ1v) is 16.1. The molecule has 0 radical (unpaired) electrons. The van der Waals surface area contributed by atoms with Crippen LogP contribution >= 0.6 is 11.6 Å². The molecule has 3 rings (SSSR count). The standard InChI is InChI=1S/C32H40ClN3O4S/c1-5-18-34-32(38)30(21-26-12-7-6-8-13-26)35(23-27-14-9-11-24(2)20-27)31(37)15-10-19-36(41(4,39)40)29-22-28(33)17-16-25(29)3/h6-9,11-14,16-17,20,22,30H,5,10,15,18-19,21,23H2,1-4H3,(H,34,38)/t30-/m1/s1. The number of aryl methyl sites for hydroxylation is 2. The van der Waals surface area contributed by atoms with Crippen LogP contribution < -0.4 is 9.62 Å². The summed E-state index contributed by atoms with van der Waals surface area (Å²) in [4.78, 5) is 29.0. The second-order valence-corrected chi connectivity index (χ2v) is 12.7. The van der Waals surface area contributed by atoms with E-state index in [4.69, 9.17) is 11.6 Å². The van der Waals surface area contributed by atoms with Gasteiger partial charge in [-0.15, -0.1) is 0 Å². The van der Waals surface area contributed by atoms with E-state index < -0.39 is 16.1 Å². The lowest BCUT2D eigenvalue weighted by atomic mass is 10.0. The molecule has 0 unspecified atom stereocenters. The minimum absolute atomic E-state index is 0.0732. The van der Waals surface area contributed by atoms with Gasteiger partial charge >= 0.3 is 0 Å². The Morgan fingerprint density at radius 3 is 2.32 bits per heavy atom. The largest absolute Gasteiger partial charge is 0.354 e. The molecule has 41 heavy (non-hydrogen) atoms. The molecule has 0 aromatic heterocycles. The number of anilines is 1. The van der Waals surface area contributed by atoms with Gasteiger partial charge in [-0.1, -0.05) is 84.8 Å². The number of amides is 2. The molecule has 0 heterocycles. The van der Waals surface area contributed by atoms with Crippen LogP contribution in [0, 0.1) is 13.8 Å². The van der Waals surface area contributed by atoms with Gasteiger partial charge in [0.1, 0.15) is 6.04 Å². The Hall–Kier alpha value is -3.36. The average molecular weight is 598 g/mol. The molecule has 0 saturated carbocycles. The number of sulfonamides is 1. The van der Waals surface area contributed by atoms with Crippen molar-refractivity contribution in [1.29, 1.82) is 0 Å². The van der Waals surface area contributed by atoms with E-state index in [0.29, 0.717) is 23.7 Å². The highest BCUT2D eigenvalue weighted by Gasteiger charge is 2.30. The molecule has 9 heteroatoms. The van der Waals surface area contributed by atoms with Gasteiger partial charge in [0.15, 0.2) is 0 Å². The maximum absolute atomic E-state index is 13.9. The lowest BCUT2D eigenvalue weighted by Crippen LogP contribution is -2.50. The van der Waals surface area contributed by atoms with Crippen molar-refractivity contribution < 1.29 is 18.0 Å². The second kappa shape index (κ2) is 15.0. The molecule has 0 bridgehead atoms. The monoisotopic (exact) mass is 597 g/mol. The summed E-state index contributed by atoms with van der Waals surface area (Å²) in [6.45, 7) is 6.68. The Bertz CT molecular complexity index is 1430. The second-order valence-electron chi connectivity index (χ2n) is 10.4. The number of nitrogens with zero attached hydrogens (tertiary/aromatic N) is 2. The van der Waals surface area contributed by atoms with E-state index in [1.54, 1.807) is 23.1 Å². The van der Waals surface area contributed by atoms with E-state index in [0.717, 1.165) is 34.9 Å². The van der Waals surface area contributed by atoms with Gasteiger partial charge in [-0.2, -0.15) is 0 Å². The van der Waals surface area contributed by atoms with Crippen molar-refractivity contribution in [3.8, 4) is 0 Å². The smallest absolute Gasteiger partial charge is 0.243 e. The summed E-state index contributed by atoms with van der Waals surface area (Å²) in [6, 6.07) is 21.9. The third kappa shape index (κ3) is 9.61. The maximum atomic E-state index is 13.9. The van der Waals surface area contributed by atoms with E-state index in [-0.39, 0.29) is 37.7 Å². The zero-order valence-electron chi connectivity index (χ0n) is 24.3. The van der Waals surface area contributed by atoms with Crippen molar-refractivity contribution >= 4 is 39.1 Å². The summed E-state index contributed by atoms with van der Waals surface area (Å²) in [7, 11) is -3.62. The first-order chi connectivity index (χ1) is 19.5. The highest BCUT2D eigenvalue weighted by atomic mass is 35.5. The van der Waals surface area contributed by atoms with Gasteiger partial charge in [0.05, 0.1) is 11.9 Å². The van der Waals surface area contributed by atoms with Crippen molar-refractivity contribution in [2.45, 2.75) is 59.0 Å². The molecular formula is C32H40ClN3O4S. The third-order valence-electron chi connectivity index (χ3n) is 6.85. The van der Waals surface area contributed by atoms with Gasteiger partial charge in [0.2, 0.25) is 21.8 Å². The predicted octanol–water partition coefficient (Wildman–Crippen LogP) is 5.67. The van der Waals surface area contributed by atoms with Crippen LogP contribution in [0.4, 0.5) is 5.69 Å². The third-order valence-corrected chi connectivity index (χ3v) is 8.26. The Balaban J connectivity index is 1.89. The normalized spacial score (nSPS) is 12.0. The van der Waals surface area contributed by atoms with Crippen LogP contribution in [-0.2, 0) is 32.6 Å². The summed E-state index contributed by atoms with van der Waals surface area (Å²) >= 11 is 6.17. The number of benzene rings is 3. The van der Waals surface area contributed by atoms with Crippen LogP contribution in [0.1, 0.15) is 48.4 Å². The minimum atomic E-state index is -3.62. The molecule has 2 amide bonds. The molecular weight excluding hydrogens is 558 g/mol. The molecule has 0 aliphatic heterocycles. The van der Waals surface area contributed by atoms with E-state index in [2.05, 4.69) is 5.32 Å². The van der Waals surface area contributed by atoms with Crippen LogP contribution in [0.3, 0.4) is 0 Å². The summed E-state index contributed by atoms with van der Waals surface area (Å²) in [5.41, 5.74) is 4.19. The number of carbonyl (C=O) groups excluding carboxylic acids is 2. The zero-order valence-corrected chi connectivity index (χ0v) is 25.8. The van der Waals surface area contributed by atoms with Gasteiger partial charge in [0.25, 0.3) is 0 Å². The van der Waals surface area contributed by atoms with Crippen LogP contribution in [-0.4, -0.2) is 50.5 Å². The van der Waals surface area contributed by atoms with Crippen LogP contribution in [0.2, 0.25) is 5.02 Å². The Kier molecular flexibility index (Phi) is 11.8. The Morgan fingerprint density at radius 2 is 1.66 bits per heavy atom. The number of halogens is 1. The number of hydrogen-bond donors (Lipinski definition) is 1. The van der Waals surface area contributed by atoms with Crippen LogP contribution in [0.15, 0.2) is 72.8 Å². The highest BCUT2D eigenvalue weighted by molar-refractivity contribution is 7.92. The highest BCUT2D eigenvalue weighted by Crippen LogP contribution is 2.27. The van der Waals surface area contributed by atoms with Gasteiger partial charge in [-0.3, -0.25) is 13.9 Å². The SMILES string of the molecule is CCCNC(=O)[C@@H](Cc1ccccc1)N(Cc1cccc(C)c1)C(=O)CCCN(c1cc(Cl)ccc1C)S(C)(=O)=O. The molecule has 1 atom stereocenters. The molecule has 3 aromatic rings. The van der Waals surface area contributed by atoms with Gasteiger partial charge in [-0.25, -0.2) is 8.42 Å². The quantitative estimate of drug-likeness (QED) is 0.259. The maximum Gasteiger partial charge on any atom is 0.243 e. The van der Waals surface area contributed by atoms with Crippen molar-refractivity contribution in [3.63, 3.8) is 0 Å². The summed E-state index contributed by atoms with van der Waals surface area (Å²) in [5, 5.41) is 3.41. The van der Waals surface area contributed by atoms with Crippen molar-refractivity contribution in [1.82, 2.24) is 10.2 Å². The molecule has 0 fully saturated rings. The molecule has 0 aliphatic rings. The van der Waals surface area contributed by atoms with Crippen molar-refractivity contribution in [2.75, 3.05) is 23.7 Å². The fraction of sp³-hybridized carbons (Fsp3) is 0.375. The molecule has 220 valence electrons. The van der Waals surface area contributed by atoms with E-state index >= 15 is 0 Å². The lowest BCUT2D eigenvalue weighted by molar-refractivity contribution is -0.141. The van der Waals surface area contributed by atoms with Gasteiger partial charge in [0, 0.05) is 37.5 Å². The van der Waals surface area contributed by atoms with E-state index in [9.17, 15) is 18.0 Å². The fourth-order valence-corrected chi connectivity index (χ4v) is 5.94. The van der Waals surface area contributed by atoms with E-state index in [1.807, 2.05) is 75.4 Å². The van der Waals surface area contributed by atoms with Crippen LogP contribution in [0.5, 0.6) is 0 Å². The first kappa shape index (κ1) is 32.2. The van der Waals surface area contributed by atoms with Crippen molar-refractivity contribution in [3.05, 3.63) is 100 Å². The molecule has 1 N–H and O–H groups in total. The minimum Gasteiger partial charge on any atom is -0.354 e. The number of hydrogen-bond acceptors (Lipinski definition) is 4. The molecule has 0 spiro atoms. The first-order valence-electron chi connectivity index (χ1n) is 13.9. The average Bonchev–Trinajstić information content (AvgIpc) is 2.93. The lowest BCUT2D eigenvalue weighted by Gasteiger charge is -2.32. The van der Waals surface area contributed by atoms with Gasteiger partial charge in [-0.05, 0) is 55.5 Å². The summed E-state index contributed by atoms with van der Waals surface area (Å²) in [6.07, 6.45) is 2.64. The van der Waals surface area contributed by atoms with E-state index in [1.165, 1.54) is 4.31 Å². The predicted molar refractivity (Wildman–Crippen MR) is 167 cm³/mol. The molecule has 0 aliphatic carbocycles.